The molecule has 3 rings (SSSR count). The fourth-order valence-electron chi connectivity index (χ4n) is 2.42. The lowest BCUT2D eigenvalue weighted by molar-refractivity contribution is 0.605. The van der Waals surface area contributed by atoms with E-state index in [2.05, 4.69) is 21.9 Å². The lowest BCUT2D eigenvalue weighted by Crippen LogP contribution is -2.16. The van der Waals surface area contributed by atoms with Crippen LogP contribution in [0.25, 0.3) is 0 Å². The van der Waals surface area contributed by atoms with Crippen LogP contribution >= 0.6 is 11.3 Å². The molecule has 5 heteroatoms. The van der Waals surface area contributed by atoms with Crippen molar-refractivity contribution in [3.05, 3.63) is 28.1 Å². The summed E-state index contributed by atoms with van der Waals surface area (Å²) < 4.78 is 1.75. The van der Waals surface area contributed by atoms with Crippen LogP contribution in [-0.4, -0.2) is 9.78 Å². The van der Waals surface area contributed by atoms with Gasteiger partial charge in [0.15, 0.2) is 5.82 Å². The van der Waals surface area contributed by atoms with Crippen molar-refractivity contribution < 1.29 is 0 Å². The Morgan fingerprint density at radius 1 is 1.59 bits per heavy atom. The summed E-state index contributed by atoms with van der Waals surface area (Å²) in [4.78, 5) is 1.50. The number of hydrogen-bond acceptors (Lipinski definition) is 4. The maximum atomic E-state index is 5.91. The molecule has 0 saturated heterocycles. The van der Waals surface area contributed by atoms with E-state index in [1.54, 1.807) is 4.68 Å². The minimum atomic E-state index is 0.363. The van der Waals surface area contributed by atoms with Crippen LogP contribution in [0.5, 0.6) is 0 Å². The number of rotatable bonds is 2. The monoisotopic (exact) mass is 248 g/mol. The first kappa shape index (κ1) is 10.7. The summed E-state index contributed by atoms with van der Waals surface area (Å²) in [6, 6.07) is 2.58. The highest BCUT2D eigenvalue weighted by Crippen LogP contribution is 2.35. The number of thiophene rings is 1. The SMILES string of the molecule is Cn1cc(N)c(NC2CCCc3sccc32)n1. The van der Waals surface area contributed by atoms with Crippen LogP contribution in [-0.2, 0) is 13.5 Å². The van der Waals surface area contributed by atoms with E-state index in [1.807, 2.05) is 24.6 Å². The Labute approximate surface area is 104 Å². The molecule has 4 nitrogen and oxygen atoms in total. The Morgan fingerprint density at radius 3 is 3.24 bits per heavy atom. The summed E-state index contributed by atoms with van der Waals surface area (Å²) in [6.07, 6.45) is 5.43. The van der Waals surface area contributed by atoms with Gasteiger partial charge in [-0.25, -0.2) is 0 Å². The Hall–Kier alpha value is -1.49. The van der Waals surface area contributed by atoms with Crippen molar-refractivity contribution in [3.8, 4) is 0 Å². The first-order valence-corrected chi connectivity index (χ1v) is 6.74. The molecular weight excluding hydrogens is 232 g/mol. The minimum Gasteiger partial charge on any atom is -0.394 e. The predicted molar refractivity (Wildman–Crippen MR) is 71.2 cm³/mol. The predicted octanol–water partition coefficient (Wildman–Crippen LogP) is 2.55. The van der Waals surface area contributed by atoms with Crippen molar-refractivity contribution in [3.63, 3.8) is 0 Å². The second-order valence-corrected chi connectivity index (χ2v) is 5.50. The van der Waals surface area contributed by atoms with E-state index >= 15 is 0 Å². The fraction of sp³-hybridized carbons (Fsp3) is 0.417. The zero-order valence-electron chi connectivity index (χ0n) is 9.81. The molecule has 1 atom stereocenters. The molecule has 1 aliphatic carbocycles. The number of nitrogens with zero attached hydrogens (tertiary/aromatic N) is 2. The number of aromatic nitrogens is 2. The first-order valence-electron chi connectivity index (χ1n) is 5.86. The third-order valence-corrected chi connectivity index (χ3v) is 4.22. The average Bonchev–Trinajstić information content (AvgIpc) is 2.87. The van der Waals surface area contributed by atoms with Gasteiger partial charge in [0, 0.05) is 18.1 Å². The number of fused-ring (bicyclic) bond motifs is 1. The molecule has 3 N–H and O–H groups in total. The second-order valence-electron chi connectivity index (χ2n) is 4.49. The van der Waals surface area contributed by atoms with Crippen LogP contribution in [0.3, 0.4) is 0 Å². The van der Waals surface area contributed by atoms with E-state index in [0.29, 0.717) is 6.04 Å². The van der Waals surface area contributed by atoms with Crippen LogP contribution in [0.4, 0.5) is 11.5 Å². The number of anilines is 2. The molecule has 0 aliphatic heterocycles. The van der Waals surface area contributed by atoms with E-state index in [4.69, 9.17) is 5.73 Å². The maximum absolute atomic E-state index is 5.91. The van der Waals surface area contributed by atoms with Gasteiger partial charge in [0.25, 0.3) is 0 Å². The van der Waals surface area contributed by atoms with E-state index in [-0.39, 0.29) is 0 Å². The van der Waals surface area contributed by atoms with Crippen LogP contribution in [0.1, 0.15) is 29.3 Å². The van der Waals surface area contributed by atoms with Gasteiger partial charge in [0.1, 0.15) is 0 Å². The molecule has 1 aliphatic rings. The molecule has 17 heavy (non-hydrogen) atoms. The molecule has 0 radical (unpaired) electrons. The molecule has 2 heterocycles. The van der Waals surface area contributed by atoms with Crippen molar-refractivity contribution in [1.82, 2.24) is 9.78 Å². The van der Waals surface area contributed by atoms with Crippen LogP contribution in [0, 0.1) is 0 Å². The Balaban J connectivity index is 1.86. The number of nitrogens with two attached hydrogens (primary N) is 1. The summed E-state index contributed by atoms with van der Waals surface area (Å²) in [6.45, 7) is 0. The Morgan fingerprint density at radius 2 is 2.47 bits per heavy atom. The van der Waals surface area contributed by atoms with Crippen LogP contribution < -0.4 is 11.1 Å². The smallest absolute Gasteiger partial charge is 0.171 e. The molecular formula is C12H16N4S. The number of nitrogen functional groups attached to an aromatic ring is 1. The van der Waals surface area contributed by atoms with Gasteiger partial charge in [-0.05, 0) is 36.3 Å². The van der Waals surface area contributed by atoms with Crippen molar-refractivity contribution in [2.75, 3.05) is 11.1 Å². The highest BCUT2D eigenvalue weighted by Gasteiger charge is 2.22. The van der Waals surface area contributed by atoms with Crippen molar-refractivity contribution >= 4 is 22.8 Å². The van der Waals surface area contributed by atoms with Crippen molar-refractivity contribution in [1.29, 1.82) is 0 Å². The lowest BCUT2D eigenvalue weighted by atomic mass is 9.94. The summed E-state index contributed by atoms with van der Waals surface area (Å²) in [5.74, 6) is 0.802. The number of hydrogen-bond donors (Lipinski definition) is 2. The zero-order valence-corrected chi connectivity index (χ0v) is 10.6. The molecule has 0 fully saturated rings. The molecule has 0 bridgehead atoms. The molecule has 2 aromatic rings. The van der Waals surface area contributed by atoms with Gasteiger partial charge < -0.3 is 11.1 Å². The second kappa shape index (κ2) is 4.07. The van der Waals surface area contributed by atoms with E-state index in [0.717, 1.165) is 17.9 Å². The first-order chi connectivity index (χ1) is 8.24. The van der Waals surface area contributed by atoms with Gasteiger partial charge in [-0.3, -0.25) is 4.68 Å². The molecule has 0 spiro atoms. The summed E-state index contributed by atoms with van der Waals surface area (Å²) in [7, 11) is 1.89. The third-order valence-electron chi connectivity index (χ3n) is 3.22. The average molecular weight is 248 g/mol. The lowest BCUT2D eigenvalue weighted by Gasteiger charge is -2.23. The summed E-state index contributed by atoms with van der Waals surface area (Å²) in [5, 5.41) is 9.98. The molecule has 0 saturated carbocycles. The normalized spacial score (nSPS) is 19.0. The van der Waals surface area contributed by atoms with Crippen LogP contribution in [0.2, 0.25) is 0 Å². The minimum absolute atomic E-state index is 0.363. The standard InChI is InChI=1S/C12H16N4S/c1-16-7-9(13)12(15-16)14-10-3-2-4-11-8(10)5-6-17-11/h5-7,10H,2-4,13H2,1H3,(H,14,15). The summed E-state index contributed by atoms with van der Waals surface area (Å²) >= 11 is 1.85. The van der Waals surface area contributed by atoms with E-state index < -0.39 is 0 Å². The topological polar surface area (TPSA) is 55.9 Å². The quantitative estimate of drug-likeness (QED) is 0.858. The fourth-order valence-corrected chi connectivity index (χ4v) is 3.41. The largest absolute Gasteiger partial charge is 0.394 e. The van der Waals surface area contributed by atoms with Gasteiger partial charge in [-0.2, -0.15) is 5.10 Å². The summed E-state index contributed by atoms with van der Waals surface area (Å²) in [5.41, 5.74) is 8.05. The van der Waals surface area contributed by atoms with Crippen molar-refractivity contribution in [2.45, 2.75) is 25.3 Å². The Bertz CT molecular complexity index is 528. The molecule has 0 aromatic carbocycles. The maximum Gasteiger partial charge on any atom is 0.171 e. The van der Waals surface area contributed by atoms with Gasteiger partial charge >= 0.3 is 0 Å². The number of nitrogens with one attached hydrogen (secondary N) is 1. The van der Waals surface area contributed by atoms with Gasteiger partial charge in [0.05, 0.1) is 11.7 Å². The highest BCUT2D eigenvalue weighted by atomic mass is 32.1. The molecule has 90 valence electrons. The highest BCUT2D eigenvalue weighted by molar-refractivity contribution is 7.10. The number of aryl methyl sites for hydroxylation is 2. The van der Waals surface area contributed by atoms with Gasteiger partial charge in [-0.1, -0.05) is 0 Å². The zero-order chi connectivity index (χ0) is 11.8. The Kier molecular flexibility index (Phi) is 2.55. The van der Waals surface area contributed by atoms with Gasteiger partial charge in [0.2, 0.25) is 0 Å². The molecule has 0 amide bonds. The van der Waals surface area contributed by atoms with Crippen molar-refractivity contribution in [2.24, 2.45) is 7.05 Å². The molecule has 2 aromatic heterocycles. The van der Waals surface area contributed by atoms with E-state index in [1.165, 1.54) is 23.3 Å². The van der Waals surface area contributed by atoms with Crippen LogP contribution in [0.15, 0.2) is 17.6 Å². The van der Waals surface area contributed by atoms with Gasteiger partial charge in [-0.15, -0.1) is 11.3 Å². The van der Waals surface area contributed by atoms with E-state index in [9.17, 15) is 0 Å². The third kappa shape index (κ3) is 1.91. The molecule has 1 unspecified atom stereocenters.